The zero-order valence-corrected chi connectivity index (χ0v) is 13.2. The molecule has 0 unspecified atom stereocenters. The fraction of sp³-hybridized carbons (Fsp3) is 0.158. The van der Waals surface area contributed by atoms with Gasteiger partial charge in [0.1, 0.15) is 5.82 Å². The Bertz CT molecular complexity index is 817. The van der Waals surface area contributed by atoms with E-state index in [0.29, 0.717) is 0 Å². The summed E-state index contributed by atoms with van der Waals surface area (Å²) in [7, 11) is 0. The van der Waals surface area contributed by atoms with Crippen LogP contribution in [-0.4, -0.2) is 16.7 Å². The van der Waals surface area contributed by atoms with Crippen LogP contribution in [0.1, 0.15) is 30.5 Å². The van der Waals surface area contributed by atoms with Crippen LogP contribution in [0, 0.1) is 5.82 Å². The van der Waals surface area contributed by atoms with Crippen molar-refractivity contribution >= 4 is 23.6 Å². The molecule has 0 saturated heterocycles. The minimum atomic E-state index is -0.488. The molecule has 1 N–H and O–H groups in total. The minimum absolute atomic E-state index is 0.0509. The quantitative estimate of drug-likeness (QED) is 0.935. The van der Waals surface area contributed by atoms with Gasteiger partial charge in [-0.25, -0.2) is 4.39 Å². The van der Waals surface area contributed by atoms with E-state index < -0.39 is 11.9 Å². The van der Waals surface area contributed by atoms with Gasteiger partial charge < -0.3 is 10.2 Å². The predicted molar refractivity (Wildman–Crippen MR) is 90.4 cm³/mol. The number of carbonyl (C=O) groups is 2. The van der Waals surface area contributed by atoms with E-state index in [4.69, 9.17) is 0 Å². The topological polar surface area (TPSA) is 49.4 Å². The number of amides is 2. The van der Waals surface area contributed by atoms with Gasteiger partial charge in [-0.05, 0) is 29.3 Å². The second kappa shape index (κ2) is 6.66. The van der Waals surface area contributed by atoms with E-state index in [0.717, 1.165) is 11.1 Å². The largest absolute Gasteiger partial charge is 0.324 e. The summed E-state index contributed by atoms with van der Waals surface area (Å²) in [6, 6.07) is 13.2. The van der Waals surface area contributed by atoms with Crippen LogP contribution in [0.4, 0.5) is 10.1 Å². The van der Waals surface area contributed by atoms with Gasteiger partial charge in [-0.15, -0.1) is 0 Å². The fourth-order valence-electron chi connectivity index (χ4n) is 2.85. The third-order valence-electron chi connectivity index (χ3n) is 4.00. The van der Waals surface area contributed by atoms with Crippen LogP contribution in [0.15, 0.2) is 54.7 Å². The SMILES string of the molecule is CC(=O)N1C=Cc2ccccc2[C@H]1CC(=O)Nc1ccccc1F. The molecule has 1 aliphatic rings. The Balaban J connectivity index is 1.83. The first-order chi connectivity index (χ1) is 11.6. The Hall–Kier alpha value is -2.95. The molecule has 0 aliphatic carbocycles. The maximum absolute atomic E-state index is 13.7. The van der Waals surface area contributed by atoms with Gasteiger partial charge in [0.2, 0.25) is 11.8 Å². The summed E-state index contributed by atoms with van der Waals surface area (Å²) < 4.78 is 13.7. The van der Waals surface area contributed by atoms with Crippen molar-refractivity contribution in [1.29, 1.82) is 0 Å². The first-order valence-corrected chi connectivity index (χ1v) is 7.66. The van der Waals surface area contributed by atoms with Crippen LogP contribution in [0.25, 0.3) is 6.08 Å². The zero-order chi connectivity index (χ0) is 17.1. The number of hydrogen-bond acceptors (Lipinski definition) is 2. The van der Waals surface area contributed by atoms with E-state index in [2.05, 4.69) is 5.32 Å². The van der Waals surface area contributed by atoms with Crippen molar-refractivity contribution in [1.82, 2.24) is 4.90 Å². The standard InChI is InChI=1S/C19H17FN2O2/c1-13(23)22-11-10-14-6-2-3-7-15(14)18(22)12-19(24)21-17-9-5-4-8-16(17)20/h2-11,18H,12H2,1H3,(H,21,24)/t18-/m1/s1. The molecule has 0 spiro atoms. The van der Waals surface area contributed by atoms with Crippen LogP contribution in [0.5, 0.6) is 0 Å². The number of nitrogens with zero attached hydrogens (tertiary/aromatic N) is 1. The average Bonchev–Trinajstić information content (AvgIpc) is 2.57. The lowest BCUT2D eigenvalue weighted by Gasteiger charge is -2.32. The lowest BCUT2D eigenvalue weighted by Crippen LogP contribution is -2.33. The number of carbonyl (C=O) groups excluding carboxylic acids is 2. The van der Waals surface area contributed by atoms with Crippen LogP contribution in [-0.2, 0) is 9.59 Å². The summed E-state index contributed by atoms with van der Waals surface area (Å²) >= 11 is 0. The molecule has 4 nitrogen and oxygen atoms in total. The summed E-state index contributed by atoms with van der Waals surface area (Å²) in [6.07, 6.45) is 3.59. The second-order valence-corrected chi connectivity index (χ2v) is 5.62. The molecule has 122 valence electrons. The summed E-state index contributed by atoms with van der Waals surface area (Å²) in [5, 5.41) is 2.57. The van der Waals surface area contributed by atoms with Gasteiger partial charge in [-0.1, -0.05) is 36.4 Å². The minimum Gasteiger partial charge on any atom is -0.324 e. The summed E-state index contributed by atoms with van der Waals surface area (Å²) in [4.78, 5) is 25.8. The van der Waals surface area contributed by atoms with Crippen molar-refractivity contribution in [2.75, 3.05) is 5.32 Å². The molecule has 0 fully saturated rings. The molecule has 1 aliphatic heterocycles. The van der Waals surface area contributed by atoms with Gasteiger partial charge in [0.25, 0.3) is 0 Å². The number of anilines is 1. The Morgan fingerprint density at radius 3 is 2.58 bits per heavy atom. The number of para-hydroxylation sites is 1. The highest BCUT2D eigenvalue weighted by Crippen LogP contribution is 2.33. The van der Waals surface area contributed by atoms with Crippen LogP contribution in [0.3, 0.4) is 0 Å². The summed E-state index contributed by atoms with van der Waals surface area (Å²) in [5.74, 6) is -0.982. The van der Waals surface area contributed by atoms with Crippen molar-refractivity contribution < 1.29 is 14.0 Å². The lowest BCUT2D eigenvalue weighted by molar-refractivity contribution is -0.129. The van der Waals surface area contributed by atoms with Crippen molar-refractivity contribution in [3.05, 3.63) is 71.7 Å². The average molecular weight is 324 g/mol. The first-order valence-electron chi connectivity index (χ1n) is 7.66. The van der Waals surface area contributed by atoms with Crippen LogP contribution >= 0.6 is 0 Å². The number of benzene rings is 2. The van der Waals surface area contributed by atoms with Gasteiger partial charge >= 0.3 is 0 Å². The Morgan fingerprint density at radius 2 is 1.83 bits per heavy atom. The number of halogens is 1. The first kappa shape index (κ1) is 15.9. The van der Waals surface area contributed by atoms with Gasteiger partial charge in [0, 0.05) is 13.1 Å². The fourth-order valence-corrected chi connectivity index (χ4v) is 2.85. The van der Waals surface area contributed by atoms with Gasteiger partial charge in [0.15, 0.2) is 0 Å². The van der Waals surface area contributed by atoms with Crippen molar-refractivity contribution in [2.24, 2.45) is 0 Å². The van der Waals surface area contributed by atoms with E-state index >= 15 is 0 Å². The maximum Gasteiger partial charge on any atom is 0.226 e. The molecule has 0 aromatic heterocycles. The Morgan fingerprint density at radius 1 is 1.12 bits per heavy atom. The third kappa shape index (κ3) is 3.20. The van der Waals surface area contributed by atoms with Crippen LogP contribution in [0.2, 0.25) is 0 Å². The Kier molecular flexibility index (Phi) is 4.42. The van der Waals surface area contributed by atoms with Gasteiger partial charge in [-0.3, -0.25) is 9.59 Å². The lowest BCUT2D eigenvalue weighted by atomic mass is 9.93. The van der Waals surface area contributed by atoms with Gasteiger partial charge in [-0.2, -0.15) is 0 Å². The molecule has 2 aromatic carbocycles. The monoisotopic (exact) mass is 324 g/mol. The molecule has 0 bridgehead atoms. The molecular weight excluding hydrogens is 307 g/mol. The Labute approximate surface area is 139 Å². The van der Waals surface area contributed by atoms with Gasteiger partial charge in [0.05, 0.1) is 18.2 Å². The van der Waals surface area contributed by atoms with Crippen molar-refractivity contribution in [3.63, 3.8) is 0 Å². The zero-order valence-electron chi connectivity index (χ0n) is 13.2. The van der Waals surface area contributed by atoms with E-state index in [9.17, 15) is 14.0 Å². The molecule has 0 radical (unpaired) electrons. The predicted octanol–water partition coefficient (Wildman–Crippen LogP) is 3.73. The summed E-state index contributed by atoms with van der Waals surface area (Å²) in [5.41, 5.74) is 2.01. The molecule has 1 heterocycles. The molecule has 1 atom stereocenters. The third-order valence-corrected chi connectivity index (χ3v) is 4.00. The number of fused-ring (bicyclic) bond motifs is 1. The van der Waals surface area contributed by atoms with E-state index in [1.54, 1.807) is 18.3 Å². The normalized spacial score (nSPS) is 15.8. The molecule has 24 heavy (non-hydrogen) atoms. The highest BCUT2D eigenvalue weighted by molar-refractivity contribution is 5.92. The number of hydrogen-bond donors (Lipinski definition) is 1. The molecule has 2 aromatic rings. The van der Waals surface area contributed by atoms with Crippen molar-refractivity contribution in [3.8, 4) is 0 Å². The molecule has 2 amide bonds. The number of nitrogens with one attached hydrogen (secondary N) is 1. The molecule has 3 rings (SSSR count). The second-order valence-electron chi connectivity index (χ2n) is 5.62. The molecule has 0 saturated carbocycles. The summed E-state index contributed by atoms with van der Waals surface area (Å²) in [6.45, 7) is 1.46. The molecule has 5 heteroatoms. The highest BCUT2D eigenvalue weighted by atomic mass is 19.1. The van der Waals surface area contributed by atoms with Crippen LogP contribution < -0.4 is 5.32 Å². The van der Waals surface area contributed by atoms with E-state index in [1.165, 1.54) is 24.0 Å². The van der Waals surface area contributed by atoms with E-state index in [1.807, 2.05) is 30.3 Å². The van der Waals surface area contributed by atoms with Crippen molar-refractivity contribution in [2.45, 2.75) is 19.4 Å². The number of rotatable bonds is 3. The molecular formula is C19H17FN2O2. The highest BCUT2D eigenvalue weighted by Gasteiger charge is 2.28. The smallest absolute Gasteiger partial charge is 0.226 e. The maximum atomic E-state index is 13.7. The van der Waals surface area contributed by atoms with E-state index in [-0.39, 0.29) is 23.9 Å².